The lowest BCUT2D eigenvalue weighted by molar-refractivity contribution is 0.133. The summed E-state index contributed by atoms with van der Waals surface area (Å²) in [5.74, 6) is 2.11. The highest BCUT2D eigenvalue weighted by Gasteiger charge is 2.42. The first kappa shape index (κ1) is 11.4. The minimum atomic E-state index is -0.0898. The second-order valence-electron chi connectivity index (χ2n) is 5.22. The molecule has 2 aliphatic rings. The lowest BCUT2D eigenvalue weighted by Crippen LogP contribution is -2.24. The first-order valence-corrected chi connectivity index (χ1v) is 7.31. The van der Waals surface area contributed by atoms with Crippen molar-refractivity contribution in [3.63, 3.8) is 0 Å². The molecule has 3 unspecified atom stereocenters. The van der Waals surface area contributed by atoms with Gasteiger partial charge in [0.05, 0.1) is 6.10 Å². The predicted molar refractivity (Wildman–Crippen MR) is 68.3 cm³/mol. The SMILES string of the molecule is CCCc1nsc(N2CC3CCC(O)C3C2)n1. The van der Waals surface area contributed by atoms with Gasteiger partial charge in [-0.2, -0.15) is 4.37 Å². The van der Waals surface area contributed by atoms with Crippen LogP contribution < -0.4 is 4.90 Å². The predicted octanol–water partition coefficient (Wildman–Crippen LogP) is 1.70. The lowest BCUT2D eigenvalue weighted by atomic mass is 10.00. The van der Waals surface area contributed by atoms with Crippen LogP contribution in [0, 0.1) is 11.8 Å². The van der Waals surface area contributed by atoms with Gasteiger partial charge in [-0.1, -0.05) is 6.92 Å². The van der Waals surface area contributed by atoms with Crippen LogP contribution in [-0.4, -0.2) is 33.7 Å². The van der Waals surface area contributed by atoms with Gasteiger partial charge in [-0.3, -0.25) is 0 Å². The highest BCUT2D eigenvalue weighted by Crippen LogP contribution is 2.40. The summed E-state index contributed by atoms with van der Waals surface area (Å²) in [5, 5.41) is 10.9. The topological polar surface area (TPSA) is 49.2 Å². The summed E-state index contributed by atoms with van der Waals surface area (Å²) in [6, 6.07) is 0. The van der Waals surface area contributed by atoms with Gasteiger partial charge in [0.2, 0.25) is 5.13 Å². The molecule has 4 nitrogen and oxygen atoms in total. The van der Waals surface area contributed by atoms with E-state index in [1.807, 2.05) is 0 Å². The molecular weight excluding hydrogens is 234 g/mol. The maximum Gasteiger partial charge on any atom is 0.205 e. The molecule has 0 amide bonds. The maximum atomic E-state index is 9.89. The Morgan fingerprint density at radius 1 is 1.41 bits per heavy atom. The summed E-state index contributed by atoms with van der Waals surface area (Å²) in [4.78, 5) is 6.90. The van der Waals surface area contributed by atoms with Gasteiger partial charge in [0.1, 0.15) is 5.82 Å². The second-order valence-corrected chi connectivity index (χ2v) is 5.95. The summed E-state index contributed by atoms with van der Waals surface area (Å²) in [7, 11) is 0. The highest BCUT2D eigenvalue weighted by molar-refractivity contribution is 7.09. The summed E-state index contributed by atoms with van der Waals surface area (Å²) in [6.45, 7) is 4.17. The zero-order valence-electron chi connectivity index (χ0n) is 10.2. The van der Waals surface area contributed by atoms with Crippen molar-refractivity contribution in [3.8, 4) is 0 Å². The van der Waals surface area contributed by atoms with Crippen molar-refractivity contribution in [3.05, 3.63) is 5.82 Å². The number of aliphatic hydroxyl groups is 1. The summed E-state index contributed by atoms with van der Waals surface area (Å²) in [6.07, 6.45) is 4.14. The van der Waals surface area contributed by atoms with Crippen molar-refractivity contribution in [1.82, 2.24) is 9.36 Å². The van der Waals surface area contributed by atoms with Crippen LogP contribution in [0.4, 0.5) is 5.13 Å². The fraction of sp³-hybridized carbons (Fsp3) is 0.833. The number of nitrogens with zero attached hydrogens (tertiary/aromatic N) is 3. The molecule has 3 rings (SSSR count). The molecule has 2 heterocycles. The van der Waals surface area contributed by atoms with E-state index >= 15 is 0 Å². The molecule has 0 radical (unpaired) electrons. The molecule has 1 saturated heterocycles. The fourth-order valence-corrected chi connectivity index (χ4v) is 3.82. The number of rotatable bonds is 3. The zero-order valence-corrected chi connectivity index (χ0v) is 11.0. The van der Waals surface area contributed by atoms with E-state index in [4.69, 9.17) is 0 Å². The van der Waals surface area contributed by atoms with Gasteiger partial charge in [-0.15, -0.1) is 0 Å². The average Bonchev–Trinajstić information content (AvgIpc) is 2.96. The van der Waals surface area contributed by atoms with E-state index in [1.54, 1.807) is 0 Å². The van der Waals surface area contributed by atoms with Crippen molar-refractivity contribution >= 4 is 16.7 Å². The molecular formula is C12H19N3OS. The largest absolute Gasteiger partial charge is 0.393 e. The molecule has 1 aliphatic carbocycles. The van der Waals surface area contributed by atoms with Crippen LogP contribution in [0.15, 0.2) is 0 Å². The third-order valence-corrected chi connectivity index (χ3v) is 4.84. The Morgan fingerprint density at radius 3 is 3.06 bits per heavy atom. The van der Waals surface area contributed by atoms with Crippen LogP contribution in [-0.2, 0) is 6.42 Å². The third kappa shape index (κ3) is 2.06. The average molecular weight is 253 g/mol. The van der Waals surface area contributed by atoms with Crippen LogP contribution >= 0.6 is 11.5 Å². The molecule has 1 aromatic rings. The first-order valence-electron chi connectivity index (χ1n) is 6.53. The molecule has 94 valence electrons. The van der Waals surface area contributed by atoms with Crippen molar-refractivity contribution in [1.29, 1.82) is 0 Å². The van der Waals surface area contributed by atoms with Crippen molar-refractivity contribution in [2.75, 3.05) is 18.0 Å². The lowest BCUT2D eigenvalue weighted by Gasteiger charge is -2.16. The number of aryl methyl sites for hydroxylation is 1. The number of fused-ring (bicyclic) bond motifs is 1. The Kier molecular flexibility index (Phi) is 3.04. The van der Waals surface area contributed by atoms with Crippen LogP contribution in [0.3, 0.4) is 0 Å². The van der Waals surface area contributed by atoms with Crippen LogP contribution in [0.5, 0.6) is 0 Å². The van der Waals surface area contributed by atoms with E-state index in [9.17, 15) is 5.11 Å². The van der Waals surface area contributed by atoms with Gasteiger partial charge in [0.25, 0.3) is 0 Å². The number of anilines is 1. The second kappa shape index (κ2) is 4.53. The molecule has 0 spiro atoms. The number of aliphatic hydroxyl groups excluding tert-OH is 1. The van der Waals surface area contributed by atoms with Gasteiger partial charge in [-0.25, -0.2) is 4.98 Å². The molecule has 0 aromatic carbocycles. The monoisotopic (exact) mass is 253 g/mol. The van der Waals surface area contributed by atoms with Crippen LogP contribution in [0.1, 0.15) is 32.0 Å². The third-order valence-electron chi connectivity index (χ3n) is 4.02. The molecule has 0 bridgehead atoms. The fourth-order valence-electron chi connectivity index (χ4n) is 3.09. The highest BCUT2D eigenvalue weighted by atomic mass is 32.1. The minimum absolute atomic E-state index is 0.0898. The van der Waals surface area contributed by atoms with Gasteiger partial charge in [0, 0.05) is 37.0 Å². The molecule has 5 heteroatoms. The summed E-state index contributed by atoms with van der Waals surface area (Å²) >= 11 is 1.51. The number of hydrogen-bond acceptors (Lipinski definition) is 5. The normalized spacial score (nSPS) is 32.1. The smallest absolute Gasteiger partial charge is 0.205 e. The Hall–Kier alpha value is -0.680. The Balaban J connectivity index is 1.69. The van der Waals surface area contributed by atoms with E-state index in [2.05, 4.69) is 21.2 Å². The van der Waals surface area contributed by atoms with Crippen molar-refractivity contribution in [2.24, 2.45) is 11.8 Å². The molecule has 1 saturated carbocycles. The van der Waals surface area contributed by atoms with Crippen LogP contribution in [0.2, 0.25) is 0 Å². The molecule has 1 aliphatic heterocycles. The van der Waals surface area contributed by atoms with Gasteiger partial charge in [-0.05, 0) is 25.2 Å². The van der Waals surface area contributed by atoms with E-state index in [0.717, 1.165) is 43.3 Å². The van der Waals surface area contributed by atoms with E-state index in [-0.39, 0.29) is 6.10 Å². The molecule has 17 heavy (non-hydrogen) atoms. The van der Waals surface area contributed by atoms with Gasteiger partial charge in [0.15, 0.2) is 0 Å². The maximum absolute atomic E-state index is 9.89. The minimum Gasteiger partial charge on any atom is -0.393 e. The van der Waals surface area contributed by atoms with Crippen molar-refractivity contribution < 1.29 is 5.11 Å². The molecule has 1 aromatic heterocycles. The van der Waals surface area contributed by atoms with E-state index in [0.29, 0.717) is 11.8 Å². The molecule has 1 N–H and O–H groups in total. The number of hydrogen-bond donors (Lipinski definition) is 1. The number of aromatic nitrogens is 2. The summed E-state index contributed by atoms with van der Waals surface area (Å²) < 4.78 is 4.39. The van der Waals surface area contributed by atoms with Gasteiger partial charge < -0.3 is 10.0 Å². The van der Waals surface area contributed by atoms with Crippen LogP contribution in [0.25, 0.3) is 0 Å². The Labute approximate surface area is 106 Å². The molecule has 3 atom stereocenters. The van der Waals surface area contributed by atoms with E-state index in [1.165, 1.54) is 18.0 Å². The Bertz CT molecular complexity index is 395. The quantitative estimate of drug-likeness (QED) is 0.890. The standard InChI is InChI=1S/C12H19N3OS/c1-2-3-11-13-12(17-14-11)15-6-8-4-5-10(16)9(8)7-15/h8-10,16H,2-7H2,1H3. The molecule has 2 fully saturated rings. The first-order chi connectivity index (χ1) is 8.28. The Morgan fingerprint density at radius 2 is 2.29 bits per heavy atom. The van der Waals surface area contributed by atoms with Gasteiger partial charge >= 0.3 is 0 Å². The van der Waals surface area contributed by atoms with E-state index < -0.39 is 0 Å². The summed E-state index contributed by atoms with van der Waals surface area (Å²) in [5.41, 5.74) is 0. The zero-order chi connectivity index (χ0) is 11.8. The van der Waals surface area contributed by atoms with Crippen molar-refractivity contribution in [2.45, 2.75) is 38.7 Å².